The summed E-state index contributed by atoms with van der Waals surface area (Å²) >= 11 is 0. The zero-order valence-electron chi connectivity index (χ0n) is 12.9. The SMILES string of the molecule is Cc1[nH]c(=O)[nH]c(=O)c1CC(=O)N/N=C\c1ccc(O)c([N+](=O)[O-])c1. The van der Waals surface area contributed by atoms with Crippen LogP contribution in [0.2, 0.25) is 0 Å². The number of phenolic OH excluding ortho intramolecular Hbond substituents is 1. The molecule has 1 aromatic carbocycles. The van der Waals surface area contributed by atoms with E-state index in [1.807, 2.05) is 4.98 Å². The molecule has 0 bridgehead atoms. The van der Waals surface area contributed by atoms with Crippen molar-refractivity contribution in [3.05, 3.63) is 66.0 Å². The molecule has 0 radical (unpaired) electrons. The molecule has 2 rings (SSSR count). The van der Waals surface area contributed by atoms with Crippen molar-refractivity contribution in [1.29, 1.82) is 0 Å². The van der Waals surface area contributed by atoms with E-state index >= 15 is 0 Å². The molecular formula is C14H13N5O6. The van der Waals surface area contributed by atoms with Crippen LogP contribution in [0.3, 0.4) is 0 Å². The number of carbonyl (C=O) groups is 1. The summed E-state index contributed by atoms with van der Waals surface area (Å²) in [7, 11) is 0. The number of hydrazone groups is 1. The molecular weight excluding hydrogens is 334 g/mol. The molecule has 11 heteroatoms. The molecule has 0 aliphatic rings. The topological polar surface area (TPSA) is 171 Å². The van der Waals surface area contributed by atoms with Gasteiger partial charge in [0.1, 0.15) is 0 Å². The van der Waals surface area contributed by atoms with Gasteiger partial charge in [0.15, 0.2) is 5.75 Å². The van der Waals surface area contributed by atoms with Gasteiger partial charge in [0.25, 0.3) is 5.56 Å². The Morgan fingerprint density at radius 1 is 1.40 bits per heavy atom. The summed E-state index contributed by atoms with van der Waals surface area (Å²) in [5.74, 6) is -1.11. The van der Waals surface area contributed by atoms with E-state index in [0.29, 0.717) is 0 Å². The lowest BCUT2D eigenvalue weighted by Crippen LogP contribution is -2.30. The number of aromatic hydroxyl groups is 1. The number of phenols is 1. The van der Waals surface area contributed by atoms with Gasteiger partial charge in [-0.15, -0.1) is 0 Å². The van der Waals surface area contributed by atoms with Gasteiger partial charge in [0.05, 0.1) is 17.6 Å². The van der Waals surface area contributed by atoms with E-state index in [2.05, 4.69) is 15.5 Å². The van der Waals surface area contributed by atoms with Gasteiger partial charge < -0.3 is 10.1 Å². The zero-order valence-corrected chi connectivity index (χ0v) is 12.9. The largest absolute Gasteiger partial charge is 0.502 e. The van der Waals surface area contributed by atoms with Crippen molar-refractivity contribution >= 4 is 17.8 Å². The maximum Gasteiger partial charge on any atom is 0.325 e. The predicted octanol–water partition coefficient (Wildman–Crippen LogP) is -0.322. The van der Waals surface area contributed by atoms with Crippen LogP contribution < -0.4 is 16.7 Å². The van der Waals surface area contributed by atoms with E-state index < -0.39 is 33.5 Å². The number of nitrogens with zero attached hydrogens (tertiary/aromatic N) is 2. The number of aromatic nitrogens is 2. The number of nitrogens with one attached hydrogen (secondary N) is 3. The Labute approximate surface area is 139 Å². The Hall–Kier alpha value is -3.76. The van der Waals surface area contributed by atoms with E-state index in [0.717, 1.165) is 18.3 Å². The Kier molecular flexibility index (Phi) is 5.07. The van der Waals surface area contributed by atoms with Crippen molar-refractivity contribution in [2.75, 3.05) is 0 Å². The summed E-state index contributed by atoms with van der Waals surface area (Å²) in [4.78, 5) is 48.9. The number of benzene rings is 1. The molecule has 0 atom stereocenters. The fourth-order valence-corrected chi connectivity index (χ4v) is 1.98. The summed E-state index contributed by atoms with van der Waals surface area (Å²) in [5, 5.41) is 23.7. The molecule has 2 aromatic rings. The van der Waals surface area contributed by atoms with E-state index in [1.54, 1.807) is 0 Å². The number of hydrogen-bond acceptors (Lipinski definition) is 7. The second-order valence-electron chi connectivity index (χ2n) is 4.99. The zero-order chi connectivity index (χ0) is 18.6. The molecule has 0 aliphatic heterocycles. The summed E-state index contributed by atoms with van der Waals surface area (Å²) in [5.41, 5.74) is 0.967. The highest BCUT2D eigenvalue weighted by Gasteiger charge is 2.13. The van der Waals surface area contributed by atoms with Crippen molar-refractivity contribution in [2.24, 2.45) is 5.10 Å². The number of amides is 1. The van der Waals surface area contributed by atoms with E-state index in [1.165, 1.54) is 13.0 Å². The van der Waals surface area contributed by atoms with Gasteiger partial charge in [-0.3, -0.25) is 24.7 Å². The Bertz CT molecular complexity index is 974. The minimum atomic E-state index is -0.753. The Balaban J connectivity index is 2.07. The maximum absolute atomic E-state index is 11.8. The highest BCUT2D eigenvalue weighted by Crippen LogP contribution is 2.25. The molecule has 25 heavy (non-hydrogen) atoms. The smallest absolute Gasteiger partial charge is 0.325 e. The highest BCUT2D eigenvalue weighted by molar-refractivity contribution is 5.84. The lowest BCUT2D eigenvalue weighted by molar-refractivity contribution is -0.385. The van der Waals surface area contributed by atoms with Crippen molar-refractivity contribution in [2.45, 2.75) is 13.3 Å². The summed E-state index contributed by atoms with van der Waals surface area (Å²) < 4.78 is 0. The third-order valence-electron chi connectivity index (χ3n) is 3.19. The first-order valence-corrected chi connectivity index (χ1v) is 6.89. The first-order chi connectivity index (χ1) is 11.8. The van der Waals surface area contributed by atoms with Crippen LogP contribution >= 0.6 is 0 Å². The van der Waals surface area contributed by atoms with E-state index in [4.69, 9.17) is 0 Å². The second kappa shape index (κ2) is 7.21. The number of aryl methyl sites for hydroxylation is 1. The molecule has 0 saturated carbocycles. The van der Waals surface area contributed by atoms with Gasteiger partial charge in [0.2, 0.25) is 5.91 Å². The first kappa shape index (κ1) is 17.6. The molecule has 0 unspecified atom stereocenters. The number of nitro benzene ring substituents is 1. The van der Waals surface area contributed by atoms with Gasteiger partial charge >= 0.3 is 11.4 Å². The average molecular weight is 347 g/mol. The van der Waals surface area contributed by atoms with Crippen molar-refractivity contribution in [3.8, 4) is 5.75 Å². The van der Waals surface area contributed by atoms with E-state index in [-0.39, 0.29) is 23.2 Å². The summed E-state index contributed by atoms with van der Waals surface area (Å²) in [6.07, 6.45) is 0.833. The van der Waals surface area contributed by atoms with Gasteiger partial charge in [0, 0.05) is 22.9 Å². The second-order valence-corrected chi connectivity index (χ2v) is 4.99. The summed E-state index contributed by atoms with van der Waals surface area (Å²) in [6.45, 7) is 1.48. The fourth-order valence-electron chi connectivity index (χ4n) is 1.98. The molecule has 1 amide bonds. The predicted molar refractivity (Wildman–Crippen MR) is 86.6 cm³/mol. The number of hydrogen-bond donors (Lipinski definition) is 4. The third-order valence-corrected chi connectivity index (χ3v) is 3.19. The molecule has 11 nitrogen and oxygen atoms in total. The molecule has 1 aromatic heterocycles. The lowest BCUT2D eigenvalue weighted by atomic mass is 10.1. The van der Waals surface area contributed by atoms with Crippen LogP contribution in [0.5, 0.6) is 5.75 Å². The molecule has 4 N–H and O–H groups in total. The normalized spacial score (nSPS) is 10.8. The monoisotopic (exact) mass is 347 g/mol. The fraction of sp³-hybridized carbons (Fsp3) is 0.143. The summed E-state index contributed by atoms with van der Waals surface area (Å²) in [6, 6.07) is 3.58. The van der Waals surface area contributed by atoms with Crippen LogP contribution in [-0.4, -0.2) is 32.1 Å². The van der Waals surface area contributed by atoms with Crippen molar-refractivity contribution in [1.82, 2.24) is 15.4 Å². The molecule has 1 heterocycles. The van der Waals surface area contributed by atoms with Crippen LogP contribution in [0.15, 0.2) is 32.9 Å². The van der Waals surface area contributed by atoms with Crippen LogP contribution in [0.4, 0.5) is 5.69 Å². The van der Waals surface area contributed by atoms with Crippen LogP contribution in [0.25, 0.3) is 0 Å². The van der Waals surface area contributed by atoms with Gasteiger partial charge in [-0.25, -0.2) is 10.2 Å². The van der Waals surface area contributed by atoms with E-state index in [9.17, 15) is 29.6 Å². The molecule has 0 fully saturated rings. The van der Waals surface area contributed by atoms with Crippen LogP contribution in [0.1, 0.15) is 16.8 Å². The number of carbonyl (C=O) groups excluding carboxylic acids is 1. The highest BCUT2D eigenvalue weighted by atomic mass is 16.6. The van der Waals surface area contributed by atoms with Crippen molar-refractivity contribution < 1.29 is 14.8 Å². The number of H-pyrrole nitrogens is 2. The third kappa shape index (κ3) is 4.37. The van der Waals surface area contributed by atoms with Crippen LogP contribution in [0, 0.1) is 17.0 Å². The van der Waals surface area contributed by atoms with Crippen LogP contribution in [-0.2, 0) is 11.2 Å². The number of nitro groups is 1. The Morgan fingerprint density at radius 3 is 2.76 bits per heavy atom. The quantitative estimate of drug-likeness (QED) is 0.328. The number of aromatic amines is 2. The van der Waals surface area contributed by atoms with Gasteiger partial charge in [-0.1, -0.05) is 0 Å². The molecule has 0 spiro atoms. The minimum Gasteiger partial charge on any atom is -0.502 e. The molecule has 0 saturated heterocycles. The molecule has 0 aliphatic carbocycles. The standard InChI is InChI=1S/C14H13N5O6/c1-7-9(13(22)17-14(23)16-7)5-12(21)18-15-6-8-2-3-11(20)10(4-8)19(24)25/h2-4,6,20H,5H2,1H3,(H,18,21)(H2,16,17,22,23)/b15-6-. The first-order valence-electron chi connectivity index (χ1n) is 6.89. The number of rotatable bonds is 5. The molecule has 130 valence electrons. The van der Waals surface area contributed by atoms with Gasteiger partial charge in [-0.2, -0.15) is 5.10 Å². The minimum absolute atomic E-state index is 0.0903. The Morgan fingerprint density at radius 2 is 2.12 bits per heavy atom. The lowest BCUT2D eigenvalue weighted by Gasteiger charge is -2.03. The average Bonchev–Trinajstić information content (AvgIpc) is 2.52. The maximum atomic E-state index is 11.8. The van der Waals surface area contributed by atoms with Gasteiger partial charge in [-0.05, 0) is 19.1 Å². The van der Waals surface area contributed by atoms with Crippen molar-refractivity contribution in [3.63, 3.8) is 0 Å².